The van der Waals surface area contributed by atoms with Gasteiger partial charge in [0, 0.05) is 0 Å². The molecule has 2 aliphatic heterocycles. The van der Waals surface area contributed by atoms with Gasteiger partial charge in [-0.15, -0.1) is 0 Å². The fraction of sp³-hybridized carbons (Fsp3) is 0.333. The lowest BCUT2D eigenvalue weighted by molar-refractivity contribution is 1.09. The molecule has 1 N–H and O–H groups in total. The van der Waals surface area contributed by atoms with Crippen molar-refractivity contribution in [2.24, 2.45) is 9.98 Å². The Labute approximate surface area is 34.8 Å². The Hall–Kier alpha value is -0.860. The maximum Gasteiger partial charge on any atom is 0.200 e. The summed E-state index contributed by atoms with van der Waals surface area (Å²) in [5, 5.41) is 2.85. The Morgan fingerprint density at radius 1 is 1.83 bits per heavy atom. The van der Waals surface area contributed by atoms with Gasteiger partial charge in [-0.25, -0.2) is 9.98 Å². The highest BCUT2D eigenvalue weighted by atomic mass is 15.3. The molecule has 2 aliphatic rings. The lowest BCUT2D eigenvalue weighted by atomic mass is 10.7. The first-order chi connectivity index (χ1) is 2.97. The largest absolute Gasteiger partial charge is 0.332 e. The molecule has 0 amide bonds. The van der Waals surface area contributed by atoms with Crippen molar-refractivity contribution in [3.05, 3.63) is 0 Å². The zero-order valence-electron chi connectivity index (χ0n) is 3.05. The minimum Gasteiger partial charge on any atom is -0.332 e. The molecule has 0 aromatic heterocycles. The maximum absolute atomic E-state index is 3.87. The number of fused-ring (bicyclic) bond motifs is 1. The van der Waals surface area contributed by atoms with Crippen LogP contribution in [0.3, 0.4) is 0 Å². The molecule has 1 unspecified atom stereocenters. The molecule has 0 aromatic rings. The van der Waals surface area contributed by atoms with Crippen LogP contribution in [0.1, 0.15) is 0 Å². The Bertz CT molecular complexity index is 135. The van der Waals surface area contributed by atoms with Gasteiger partial charge in [0.15, 0.2) is 5.84 Å². The van der Waals surface area contributed by atoms with E-state index in [1.54, 1.807) is 6.34 Å². The van der Waals surface area contributed by atoms with Gasteiger partial charge >= 0.3 is 0 Å². The molecule has 0 radical (unpaired) electrons. The van der Waals surface area contributed by atoms with Gasteiger partial charge in [-0.05, 0) is 0 Å². The van der Waals surface area contributed by atoms with E-state index in [0.29, 0.717) is 0 Å². The summed E-state index contributed by atoms with van der Waals surface area (Å²) >= 11 is 0. The molecule has 30 valence electrons. The van der Waals surface area contributed by atoms with Gasteiger partial charge in [-0.3, -0.25) is 0 Å². The van der Waals surface area contributed by atoms with E-state index < -0.39 is 0 Å². The van der Waals surface area contributed by atoms with Crippen LogP contribution in [0, 0.1) is 0 Å². The molecule has 3 nitrogen and oxygen atoms in total. The van der Waals surface area contributed by atoms with E-state index in [9.17, 15) is 0 Å². The van der Waals surface area contributed by atoms with Crippen LogP contribution in [0.4, 0.5) is 0 Å². The van der Waals surface area contributed by atoms with Crippen LogP contribution in [-0.2, 0) is 0 Å². The zero-order chi connectivity index (χ0) is 3.98. The predicted molar refractivity (Wildman–Crippen MR) is 22.9 cm³/mol. The van der Waals surface area contributed by atoms with Crippen molar-refractivity contribution in [3.63, 3.8) is 0 Å². The van der Waals surface area contributed by atoms with Crippen molar-refractivity contribution in [1.29, 1.82) is 0 Å². The average Bonchev–Trinajstić information content (AvgIpc) is 2.17. The van der Waals surface area contributed by atoms with Crippen molar-refractivity contribution in [2.75, 3.05) is 0 Å². The molecule has 3 heteroatoms. The third kappa shape index (κ3) is 0.116. The zero-order valence-corrected chi connectivity index (χ0v) is 3.05. The predicted octanol–water partition coefficient (Wildman–Crippen LogP) is -0.644. The van der Waals surface area contributed by atoms with E-state index in [0.717, 1.165) is 5.84 Å². The third-order valence-electron chi connectivity index (χ3n) is 0.866. The van der Waals surface area contributed by atoms with Crippen LogP contribution in [-0.4, -0.2) is 18.3 Å². The maximum atomic E-state index is 3.87. The number of nitrogens with one attached hydrogen (secondary N) is 1. The monoisotopic (exact) mass is 81.0 g/mol. The topological polar surface area (TPSA) is 36.8 Å². The van der Waals surface area contributed by atoms with E-state index in [4.69, 9.17) is 0 Å². The molecule has 0 spiro atoms. The number of hydrogen-bond donors (Lipinski definition) is 1. The van der Waals surface area contributed by atoms with Gasteiger partial charge in [0.25, 0.3) is 0 Å². The highest BCUT2D eigenvalue weighted by Gasteiger charge is 2.29. The minimum absolute atomic E-state index is 0.213. The van der Waals surface area contributed by atoms with Gasteiger partial charge in [0.2, 0.25) is 6.17 Å². The second kappa shape index (κ2) is 0.489. The SMILES string of the molecule is C1=NC2N=C2N1. The van der Waals surface area contributed by atoms with Crippen LogP contribution >= 0.6 is 0 Å². The first kappa shape index (κ1) is 2.34. The van der Waals surface area contributed by atoms with E-state index in [1.807, 2.05) is 0 Å². The molecule has 2 rings (SSSR count). The molecule has 2 heterocycles. The summed E-state index contributed by atoms with van der Waals surface area (Å²) in [6.07, 6.45) is 1.89. The number of amidine groups is 1. The summed E-state index contributed by atoms with van der Waals surface area (Å²) in [5.74, 6) is 1.02. The fourth-order valence-electron chi connectivity index (χ4n) is 0.484. The molecule has 0 saturated carbocycles. The fourth-order valence-corrected chi connectivity index (χ4v) is 0.484. The van der Waals surface area contributed by atoms with Crippen LogP contribution < -0.4 is 5.32 Å². The molecule has 0 aromatic carbocycles. The molecule has 0 aliphatic carbocycles. The van der Waals surface area contributed by atoms with E-state index >= 15 is 0 Å². The summed E-state index contributed by atoms with van der Waals surface area (Å²) in [6, 6.07) is 0. The van der Waals surface area contributed by atoms with Crippen molar-refractivity contribution in [2.45, 2.75) is 6.17 Å². The van der Waals surface area contributed by atoms with Crippen LogP contribution in [0.25, 0.3) is 0 Å². The van der Waals surface area contributed by atoms with Crippen LogP contribution in [0.5, 0.6) is 0 Å². The van der Waals surface area contributed by atoms with Gasteiger partial charge < -0.3 is 5.32 Å². The second-order valence-corrected chi connectivity index (χ2v) is 1.31. The first-order valence-corrected chi connectivity index (χ1v) is 1.83. The highest BCUT2D eigenvalue weighted by molar-refractivity contribution is 6.08. The van der Waals surface area contributed by atoms with E-state index in [1.165, 1.54) is 0 Å². The lowest BCUT2D eigenvalue weighted by Gasteiger charge is -1.69. The van der Waals surface area contributed by atoms with Crippen LogP contribution in [0.2, 0.25) is 0 Å². The number of rotatable bonds is 0. The first-order valence-electron chi connectivity index (χ1n) is 1.83. The molecule has 1 atom stereocenters. The van der Waals surface area contributed by atoms with Gasteiger partial charge in [0.1, 0.15) is 0 Å². The highest BCUT2D eigenvalue weighted by Crippen LogP contribution is 2.12. The Morgan fingerprint density at radius 3 is 3.00 bits per heavy atom. The van der Waals surface area contributed by atoms with Crippen molar-refractivity contribution < 1.29 is 0 Å². The Morgan fingerprint density at radius 2 is 2.83 bits per heavy atom. The lowest BCUT2D eigenvalue weighted by Crippen LogP contribution is -2.07. The van der Waals surface area contributed by atoms with Gasteiger partial charge in [-0.1, -0.05) is 0 Å². The smallest absolute Gasteiger partial charge is 0.200 e. The van der Waals surface area contributed by atoms with E-state index in [2.05, 4.69) is 15.3 Å². The third-order valence-corrected chi connectivity index (χ3v) is 0.866. The van der Waals surface area contributed by atoms with E-state index in [-0.39, 0.29) is 6.17 Å². The van der Waals surface area contributed by atoms with Crippen molar-refractivity contribution in [3.8, 4) is 0 Å². The number of hydrogen-bond acceptors (Lipinski definition) is 3. The molecule has 0 saturated heterocycles. The van der Waals surface area contributed by atoms with Crippen LogP contribution in [0.15, 0.2) is 9.98 Å². The molecule has 6 heavy (non-hydrogen) atoms. The average molecular weight is 81.1 g/mol. The Kier molecular flexibility index (Phi) is 0.190. The summed E-state index contributed by atoms with van der Waals surface area (Å²) in [6.45, 7) is 0. The summed E-state index contributed by atoms with van der Waals surface area (Å²) < 4.78 is 0. The summed E-state index contributed by atoms with van der Waals surface area (Å²) in [7, 11) is 0. The quantitative estimate of drug-likeness (QED) is 0.413. The van der Waals surface area contributed by atoms with Gasteiger partial charge in [0.05, 0.1) is 6.34 Å². The molecular weight excluding hydrogens is 78.1 g/mol. The normalized spacial score (nSPS) is 34.7. The molecular formula is C3H3N3. The molecule has 0 bridgehead atoms. The number of aliphatic imine (C=N–C) groups is 2. The standard InChI is InChI=1S/C3H3N3/c1-4-2-3(5-1)6-2/h1-2H,(H,4,5,6). The van der Waals surface area contributed by atoms with Crippen molar-refractivity contribution >= 4 is 12.2 Å². The van der Waals surface area contributed by atoms with Gasteiger partial charge in [-0.2, -0.15) is 0 Å². The Balaban J connectivity index is 2.36. The van der Waals surface area contributed by atoms with Crippen molar-refractivity contribution in [1.82, 2.24) is 5.32 Å². The summed E-state index contributed by atoms with van der Waals surface area (Å²) in [4.78, 5) is 7.74. The minimum atomic E-state index is 0.213. The molecule has 0 fully saturated rings. The second-order valence-electron chi connectivity index (χ2n) is 1.31. The number of nitrogens with zero attached hydrogens (tertiary/aromatic N) is 2. The summed E-state index contributed by atoms with van der Waals surface area (Å²) in [5.41, 5.74) is 0.